The maximum Gasteiger partial charge on any atom is 0.265 e. The molecule has 0 unspecified atom stereocenters. The van der Waals surface area contributed by atoms with Crippen molar-refractivity contribution in [2.24, 2.45) is 0 Å². The van der Waals surface area contributed by atoms with Crippen LogP contribution < -0.4 is 9.04 Å². The van der Waals surface area contributed by atoms with Gasteiger partial charge < -0.3 is 4.74 Å². The van der Waals surface area contributed by atoms with Crippen molar-refractivity contribution in [3.05, 3.63) is 65.7 Å². The van der Waals surface area contributed by atoms with Crippen LogP contribution in [0.25, 0.3) is 10.8 Å². The highest BCUT2D eigenvalue weighted by Crippen LogP contribution is 2.41. The summed E-state index contributed by atoms with van der Waals surface area (Å²) in [5, 5.41) is 1.74. The second kappa shape index (κ2) is 5.77. The van der Waals surface area contributed by atoms with Crippen LogP contribution in [0.2, 0.25) is 0 Å². The molecule has 0 bridgehead atoms. The van der Waals surface area contributed by atoms with Crippen molar-refractivity contribution in [1.29, 1.82) is 0 Å². The SMILES string of the molecule is Cc1ccc(C)c(OCCN2c3cccc4cccc(c34)S2(=O)=O)c1. The first-order chi connectivity index (χ1) is 12.0. The predicted octanol–water partition coefficient (Wildman–Crippen LogP) is 4.04. The molecule has 0 spiro atoms. The highest BCUT2D eigenvalue weighted by molar-refractivity contribution is 7.93. The summed E-state index contributed by atoms with van der Waals surface area (Å²) in [4.78, 5) is 0.382. The van der Waals surface area contributed by atoms with E-state index in [4.69, 9.17) is 4.74 Å². The van der Waals surface area contributed by atoms with E-state index in [9.17, 15) is 8.42 Å². The van der Waals surface area contributed by atoms with E-state index < -0.39 is 10.0 Å². The highest BCUT2D eigenvalue weighted by Gasteiger charge is 2.35. The van der Waals surface area contributed by atoms with E-state index in [1.165, 1.54) is 4.31 Å². The topological polar surface area (TPSA) is 46.6 Å². The molecule has 25 heavy (non-hydrogen) atoms. The lowest BCUT2D eigenvalue weighted by molar-refractivity contribution is 0.326. The van der Waals surface area contributed by atoms with Gasteiger partial charge in [-0.05, 0) is 48.6 Å². The van der Waals surface area contributed by atoms with Gasteiger partial charge in [0.25, 0.3) is 10.0 Å². The summed E-state index contributed by atoms with van der Waals surface area (Å²) in [6, 6.07) is 17.1. The fourth-order valence-corrected chi connectivity index (χ4v) is 4.99. The van der Waals surface area contributed by atoms with E-state index in [2.05, 4.69) is 0 Å². The summed E-state index contributed by atoms with van der Waals surface area (Å²) >= 11 is 0. The van der Waals surface area contributed by atoms with E-state index in [0.717, 1.165) is 33.3 Å². The van der Waals surface area contributed by atoms with Crippen LogP contribution in [0.4, 0.5) is 5.69 Å². The molecule has 0 saturated carbocycles. The van der Waals surface area contributed by atoms with Crippen LogP contribution >= 0.6 is 0 Å². The summed E-state index contributed by atoms with van der Waals surface area (Å²) in [5.74, 6) is 0.798. The van der Waals surface area contributed by atoms with Crippen LogP contribution in [0.1, 0.15) is 11.1 Å². The van der Waals surface area contributed by atoms with Crippen molar-refractivity contribution in [3.8, 4) is 5.75 Å². The first-order valence-corrected chi connectivity index (χ1v) is 9.67. The number of sulfonamides is 1. The number of aryl methyl sites for hydroxylation is 2. The molecule has 4 nitrogen and oxygen atoms in total. The summed E-state index contributed by atoms with van der Waals surface area (Å²) in [6.07, 6.45) is 0. The van der Waals surface area contributed by atoms with Gasteiger partial charge in [-0.25, -0.2) is 8.42 Å². The predicted molar refractivity (Wildman–Crippen MR) is 99.9 cm³/mol. The Kier molecular flexibility index (Phi) is 3.69. The smallest absolute Gasteiger partial charge is 0.265 e. The van der Waals surface area contributed by atoms with Gasteiger partial charge in [0.1, 0.15) is 12.4 Å². The van der Waals surface area contributed by atoms with Crippen molar-refractivity contribution in [3.63, 3.8) is 0 Å². The van der Waals surface area contributed by atoms with Gasteiger partial charge in [0.15, 0.2) is 0 Å². The molecule has 128 valence electrons. The zero-order valence-electron chi connectivity index (χ0n) is 14.2. The van der Waals surface area contributed by atoms with Crippen molar-refractivity contribution in [1.82, 2.24) is 0 Å². The Morgan fingerprint density at radius 1 is 1.00 bits per heavy atom. The monoisotopic (exact) mass is 353 g/mol. The normalized spacial score (nSPS) is 14.9. The van der Waals surface area contributed by atoms with E-state index in [1.807, 2.05) is 56.3 Å². The zero-order valence-corrected chi connectivity index (χ0v) is 15.0. The summed E-state index contributed by atoms with van der Waals surface area (Å²) in [5.41, 5.74) is 2.89. The molecular weight excluding hydrogens is 334 g/mol. The average molecular weight is 353 g/mol. The molecule has 0 aromatic heterocycles. The van der Waals surface area contributed by atoms with Gasteiger partial charge >= 0.3 is 0 Å². The van der Waals surface area contributed by atoms with Crippen LogP contribution in [0.3, 0.4) is 0 Å². The molecule has 3 aromatic carbocycles. The molecule has 0 fully saturated rings. The van der Waals surface area contributed by atoms with Gasteiger partial charge in [0.05, 0.1) is 17.1 Å². The fourth-order valence-electron chi connectivity index (χ4n) is 3.30. The van der Waals surface area contributed by atoms with Crippen LogP contribution in [0, 0.1) is 13.8 Å². The molecule has 5 heteroatoms. The Labute approximate surface area is 147 Å². The van der Waals surface area contributed by atoms with E-state index >= 15 is 0 Å². The van der Waals surface area contributed by atoms with E-state index in [1.54, 1.807) is 12.1 Å². The third-order valence-corrected chi connectivity index (χ3v) is 6.43. The number of benzene rings is 3. The van der Waals surface area contributed by atoms with E-state index in [0.29, 0.717) is 11.5 Å². The maximum atomic E-state index is 12.9. The Hall–Kier alpha value is -2.53. The Bertz CT molecular complexity index is 1070. The molecule has 1 aliphatic heterocycles. The number of hydrogen-bond acceptors (Lipinski definition) is 3. The standard InChI is InChI=1S/C20H19NO3S/c1-14-9-10-15(2)18(13-14)24-12-11-21-17-7-3-5-16-6-4-8-19(20(16)17)25(21,22)23/h3-10,13H,11-12H2,1-2H3. The molecule has 0 amide bonds. The van der Waals surface area contributed by atoms with Crippen molar-refractivity contribution < 1.29 is 13.2 Å². The molecule has 3 aromatic rings. The average Bonchev–Trinajstić information content (AvgIpc) is 2.81. The van der Waals surface area contributed by atoms with Crippen molar-refractivity contribution in [2.75, 3.05) is 17.5 Å². The molecule has 1 aliphatic rings. The third kappa shape index (κ3) is 2.55. The number of rotatable bonds is 4. The quantitative estimate of drug-likeness (QED) is 0.711. The first kappa shape index (κ1) is 16.0. The Morgan fingerprint density at radius 2 is 1.76 bits per heavy atom. The zero-order chi connectivity index (χ0) is 17.6. The van der Waals surface area contributed by atoms with Gasteiger partial charge in [-0.3, -0.25) is 4.31 Å². The molecule has 1 heterocycles. The van der Waals surface area contributed by atoms with Gasteiger partial charge in [-0.15, -0.1) is 0 Å². The van der Waals surface area contributed by atoms with Crippen LogP contribution in [0.5, 0.6) is 5.75 Å². The number of anilines is 1. The molecule has 0 atom stereocenters. The molecular formula is C20H19NO3S. The van der Waals surface area contributed by atoms with Crippen molar-refractivity contribution >= 4 is 26.5 Å². The van der Waals surface area contributed by atoms with Gasteiger partial charge in [0.2, 0.25) is 0 Å². The largest absolute Gasteiger partial charge is 0.491 e. The minimum atomic E-state index is -3.52. The molecule has 0 N–H and O–H groups in total. The lowest BCUT2D eigenvalue weighted by Crippen LogP contribution is -2.31. The second-order valence-corrected chi connectivity index (χ2v) is 8.16. The third-order valence-electron chi connectivity index (χ3n) is 4.58. The minimum absolute atomic E-state index is 0.281. The number of hydrogen-bond donors (Lipinski definition) is 0. The van der Waals surface area contributed by atoms with E-state index in [-0.39, 0.29) is 6.54 Å². The van der Waals surface area contributed by atoms with Crippen LogP contribution in [-0.4, -0.2) is 21.6 Å². The Balaban J connectivity index is 1.62. The Morgan fingerprint density at radius 3 is 2.56 bits per heavy atom. The molecule has 0 aliphatic carbocycles. The van der Waals surface area contributed by atoms with Gasteiger partial charge in [-0.1, -0.05) is 36.4 Å². The summed E-state index contributed by atoms with van der Waals surface area (Å²) in [7, 11) is -3.52. The second-order valence-electron chi connectivity index (χ2n) is 6.33. The number of nitrogens with zero attached hydrogens (tertiary/aromatic N) is 1. The molecule has 4 rings (SSSR count). The van der Waals surface area contributed by atoms with Crippen LogP contribution in [0.15, 0.2) is 59.5 Å². The lowest BCUT2D eigenvalue weighted by Gasteiger charge is -2.19. The fraction of sp³-hybridized carbons (Fsp3) is 0.200. The maximum absolute atomic E-state index is 12.9. The van der Waals surface area contributed by atoms with Crippen LogP contribution in [-0.2, 0) is 10.0 Å². The highest BCUT2D eigenvalue weighted by atomic mass is 32.2. The van der Waals surface area contributed by atoms with Crippen molar-refractivity contribution in [2.45, 2.75) is 18.7 Å². The number of ether oxygens (including phenoxy) is 1. The minimum Gasteiger partial charge on any atom is -0.491 e. The van der Waals surface area contributed by atoms with Gasteiger partial charge in [-0.2, -0.15) is 0 Å². The molecule has 0 saturated heterocycles. The van der Waals surface area contributed by atoms with Gasteiger partial charge in [0, 0.05) is 5.39 Å². The summed E-state index contributed by atoms with van der Waals surface area (Å²) in [6.45, 7) is 4.57. The summed E-state index contributed by atoms with van der Waals surface area (Å²) < 4.78 is 33.1. The lowest BCUT2D eigenvalue weighted by atomic mass is 10.1. The molecule has 0 radical (unpaired) electrons. The first-order valence-electron chi connectivity index (χ1n) is 8.23.